The summed E-state index contributed by atoms with van der Waals surface area (Å²) in [5, 5.41) is 16.3. The molecule has 5 atom stereocenters. The lowest BCUT2D eigenvalue weighted by Crippen LogP contribution is -2.58. The van der Waals surface area contributed by atoms with Gasteiger partial charge < -0.3 is 34.9 Å². The first kappa shape index (κ1) is 52.3. The molecule has 3 heterocycles. The van der Waals surface area contributed by atoms with Crippen molar-refractivity contribution in [1.29, 1.82) is 0 Å². The molecular weight excluding hydrogens is 944 g/mol. The zero-order valence-corrected chi connectivity index (χ0v) is 42.7. The van der Waals surface area contributed by atoms with Gasteiger partial charge in [-0.05, 0) is 97.0 Å². The van der Waals surface area contributed by atoms with Gasteiger partial charge in [0.15, 0.2) is 0 Å². The van der Waals surface area contributed by atoms with Crippen LogP contribution in [0.15, 0.2) is 96.0 Å². The minimum atomic E-state index is -1.59. The van der Waals surface area contributed by atoms with Crippen molar-refractivity contribution >= 4 is 34.6 Å². The zero-order chi connectivity index (χ0) is 51.5. The van der Waals surface area contributed by atoms with Gasteiger partial charge in [0, 0.05) is 49.8 Å². The fourth-order valence-electron chi connectivity index (χ4n) is 10.00. The Morgan fingerprint density at radius 1 is 0.917 bits per heavy atom. The molecule has 1 aromatic heterocycles. The number of thiazole rings is 1. The molecule has 16 heteroatoms. The highest BCUT2D eigenvalue weighted by molar-refractivity contribution is 7.13. The summed E-state index contributed by atoms with van der Waals surface area (Å²) in [6, 6.07) is 22.3. The third-order valence-electron chi connectivity index (χ3n) is 13.5. The van der Waals surface area contributed by atoms with E-state index in [1.165, 1.54) is 30.9 Å². The number of aryl methyl sites for hydroxylation is 1. The average Bonchev–Trinajstić information content (AvgIpc) is 4.05. The molecule has 72 heavy (non-hydrogen) atoms. The summed E-state index contributed by atoms with van der Waals surface area (Å²) in [5.41, 5.74) is 7.13. The number of alkyl halides is 1. The number of ether oxygens (including phenoxy) is 3. The number of aromatic nitrogens is 1. The second kappa shape index (κ2) is 22.0. The molecule has 3 aliphatic rings. The average molecular weight is 1010 g/mol. The van der Waals surface area contributed by atoms with E-state index in [1.807, 2.05) is 88.0 Å². The molecule has 1 saturated heterocycles. The number of β-amino-alcohol motifs (C(OH)–C–C–N with tert-alkyl or cyclic N) is 1. The molecule has 5 aromatic rings. The summed E-state index contributed by atoms with van der Waals surface area (Å²) < 4.78 is 64.8. The number of aliphatic hydroxyl groups excluding tert-OH is 1. The molecular formula is C56H64F3N5O7S. The van der Waals surface area contributed by atoms with Gasteiger partial charge in [-0.25, -0.2) is 18.2 Å². The molecule has 0 unspecified atom stereocenters. The number of rotatable bonds is 18. The number of carbonyl (C=O) groups is 3. The van der Waals surface area contributed by atoms with Crippen LogP contribution >= 0.6 is 11.3 Å². The topological polar surface area (TPSA) is 143 Å². The maximum atomic E-state index is 16.1. The fourth-order valence-corrected chi connectivity index (χ4v) is 10.8. The summed E-state index contributed by atoms with van der Waals surface area (Å²) in [6.45, 7) is 12.4. The smallest absolute Gasteiger partial charge is 0.246 e. The lowest BCUT2D eigenvalue weighted by molar-refractivity contribution is -0.144. The largest absolute Gasteiger partial charge is 0.490 e. The van der Waals surface area contributed by atoms with Crippen LogP contribution in [0.1, 0.15) is 93.9 Å². The number of halogens is 3. The molecule has 0 spiro atoms. The van der Waals surface area contributed by atoms with E-state index in [9.17, 15) is 19.5 Å². The quantitative estimate of drug-likeness (QED) is 0.0734. The van der Waals surface area contributed by atoms with Gasteiger partial charge in [0.05, 0.1) is 34.8 Å². The van der Waals surface area contributed by atoms with Crippen LogP contribution in [0, 0.1) is 24.0 Å². The minimum absolute atomic E-state index is 0.000234. The van der Waals surface area contributed by atoms with Crippen LogP contribution in [0.3, 0.4) is 0 Å². The fraction of sp³-hybridized carbons (Fsp3) is 0.429. The van der Waals surface area contributed by atoms with E-state index >= 15 is 13.2 Å². The van der Waals surface area contributed by atoms with Gasteiger partial charge in [-0.2, -0.15) is 0 Å². The molecule has 1 fully saturated rings. The Morgan fingerprint density at radius 2 is 1.58 bits per heavy atom. The molecule has 3 N–H and O–H groups in total. The van der Waals surface area contributed by atoms with Gasteiger partial charge in [0.25, 0.3) is 0 Å². The second-order valence-corrected chi connectivity index (χ2v) is 21.6. The number of hydrogen-bond acceptors (Lipinski definition) is 10. The number of nitrogens with zero attached hydrogens (tertiary/aromatic N) is 3. The van der Waals surface area contributed by atoms with Gasteiger partial charge >= 0.3 is 0 Å². The van der Waals surface area contributed by atoms with Gasteiger partial charge in [0.1, 0.15) is 60.7 Å². The van der Waals surface area contributed by atoms with E-state index in [1.54, 1.807) is 41.1 Å². The lowest BCUT2D eigenvalue weighted by Gasteiger charge is -2.44. The van der Waals surface area contributed by atoms with Crippen LogP contribution in [0.2, 0.25) is 0 Å². The van der Waals surface area contributed by atoms with Crippen molar-refractivity contribution < 1.29 is 46.9 Å². The van der Waals surface area contributed by atoms with E-state index in [0.717, 1.165) is 49.5 Å². The highest BCUT2D eigenvalue weighted by Crippen LogP contribution is 2.50. The minimum Gasteiger partial charge on any atom is -0.490 e. The van der Waals surface area contributed by atoms with Crippen molar-refractivity contribution in [2.75, 3.05) is 32.9 Å². The van der Waals surface area contributed by atoms with E-state index < -0.39 is 64.7 Å². The molecule has 2 aliphatic heterocycles. The Labute approximate surface area is 423 Å². The maximum absolute atomic E-state index is 16.1. The second-order valence-electron chi connectivity index (χ2n) is 20.8. The Bertz CT molecular complexity index is 2770. The molecule has 3 amide bonds. The Hall–Kier alpha value is -6.07. The van der Waals surface area contributed by atoms with Gasteiger partial charge in [-0.3, -0.25) is 19.3 Å². The van der Waals surface area contributed by atoms with Crippen molar-refractivity contribution in [2.24, 2.45) is 5.41 Å². The molecule has 0 saturated carbocycles. The summed E-state index contributed by atoms with van der Waals surface area (Å²) >= 11 is 1.56. The number of aliphatic hydroxyl groups is 1. The van der Waals surface area contributed by atoms with Crippen LogP contribution in [0.25, 0.3) is 16.0 Å². The normalized spacial score (nSPS) is 19.5. The monoisotopic (exact) mass is 1010 g/mol. The van der Waals surface area contributed by atoms with Gasteiger partial charge in [0.2, 0.25) is 17.7 Å². The number of likely N-dealkylation sites (tertiary alicyclic amines) is 1. The summed E-state index contributed by atoms with van der Waals surface area (Å²) in [7, 11) is 0. The number of carbonyl (C=O) groups excluding carboxylic acids is 3. The summed E-state index contributed by atoms with van der Waals surface area (Å²) in [5.74, 6) is -2.39. The molecule has 12 nitrogen and oxygen atoms in total. The number of hydrogen-bond donors (Lipinski definition) is 3. The van der Waals surface area contributed by atoms with E-state index in [-0.39, 0.29) is 69.8 Å². The first-order chi connectivity index (χ1) is 34.2. The molecule has 0 radical (unpaired) electrons. The number of benzene rings is 4. The highest BCUT2D eigenvalue weighted by Gasteiger charge is 2.45. The van der Waals surface area contributed by atoms with Crippen molar-refractivity contribution in [3.05, 3.63) is 141 Å². The van der Waals surface area contributed by atoms with Crippen molar-refractivity contribution in [1.82, 2.24) is 25.4 Å². The number of nitrogens with one attached hydrogen (secondary N) is 2. The van der Waals surface area contributed by atoms with Crippen LogP contribution in [-0.2, 0) is 38.7 Å². The van der Waals surface area contributed by atoms with E-state index in [4.69, 9.17) is 14.2 Å². The number of amides is 3. The third kappa shape index (κ3) is 12.2. The third-order valence-corrected chi connectivity index (χ3v) is 14.5. The number of fused-ring (bicyclic) bond motifs is 2. The van der Waals surface area contributed by atoms with E-state index in [0.29, 0.717) is 18.6 Å². The molecule has 382 valence electrons. The first-order valence-electron chi connectivity index (χ1n) is 24.4. The van der Waals surface area contributed by atoms with Gasteiger partial charge in [-0.1, -0.05) is 81.4 Å². The van der Waals surface area contributed by atoms with Gasteiger partial charge in [-0.15, -0.1) is 11.3 Å². The predicted octanol–water partition coefficient (Wildman–Crippen LogP) is 9.07. The van der Waals surface area contributed by atoms with E-state index in [2.05, 4.69) is 15.6 Å². The van der Waals surface area contributed by atoms with Crippen molar-refractivity contribution in [3.63, 3.8) is 0 Å². The molecule has 4 aromatic carbocycles. The van der Waals surface area contributed by atoms with Crippen LogP contribution in [0.4, 0.5) is 13.2 Å². The lowest BCUT2D eigenvalue weighted by atomic mass is 9.84. The Morgan fingerprint density at radius 3 is 2.24 bits per heavy atom. The van der Waals surface area contributed by atoms with Crippen LogP contribution in [0.5, 0.6) is 11.5 Å². The maximum Gasteiger partial charge on any atom is 0.246 e. The SMILES string of the molecule is Cc1ncsc1-c1ccc(CNC(=O)[C@@H]2C[C@@H](O)CN2C(=O)[C@@H](NC(=O)COCc2ccc(OCCOc3cc(F)c([C@@H]4C5=C(C[C@@H](C)N4CC(C)(C)F)c4ccccc4C5)c(F)c3)cc2)C(C)(C)C)cc1. The van der Waals surface area contributed by atoms with Crippen molar-refractivity contribution in [2.45, 2.75) is 117 Å². The highest BCUT2D eigenvalue weighted by atomic mass is 32.1. The zero-order valence-electron chi connectivity index (χ0n) is 41.9. The first-order valence-corrected chi connectivity index (χ1v) is 25.3. The van der Waals surface area contributed by atoms with Crippen LogP contribution in [-0.4, -0.2) is 100 Å². The predicted molar refractivity (Wildman–Crippen MR) is 271 cm³/mol. The van der Waals surface area contributed by atoms with Crippen LogP contribution < -0.4 is 20.1 Å². The molecule has 0 bridgehead atoms. The Balaban J connectivity index is 0.797. The summed E-state index contributed by atoms with van der Waals surface area (Å²) in [4.78, 5) is 49.4. The molecule has 1 aliphatic carbocycles. The Kier molecular flexibility index (Phi) is 15.9. The van der Waals surface area contributed by atoms with Crippen molar-refractivity contribution in [3.8, 4) is 21.9 Å². The standard InChI is InChI=1S/C56H64F3N5O7S/c1-33-22-43-42-11-9-8-10-38(42)23-44(43)50(64(33)31-56(6,7)59)49-45(57)25-41(26-46(49)58)71-21-20-70-40-18-14-36(15-19-40)29-69-30-48(66)62-52(55(3,4)5)54(68)63-28-39(65)24-47(63)53(67)60-27-35-12-16-37(17-13-35)51-34(2)61-32-72-51/h8-19,25-26,32-33,39,47,50,52,65H,20-24,27-31H2,1-7H3,(H,60,67)(H,62,66)/t33-,39-,47+,50+,52-/m1/s1. The molecule has 8 rings (SSSR count). The summed E-state index contributed by atoms with van der Waals surface area (Å²) in [6.07, 6.45) is 0.372.